The van der Waals surface area contributed by atoms with E-state index in [0.717, 1.165) is 39.0 Å². The Morgan fingerprint density at radius 1 is 1.04 bits per heavy atom. The van der Waals surface area contributed by atoms with Crippen molar-refractivity contribution in [2.45, 2.75) is 18.9 Å². The highest BCUT2D eigenvalue weighted by Crippen LogP contribution is 2.14. The fraction of sp³-hybridized carbons (Fsp3) is 0.556. The van der Waals surface area contributed by atoms with Crippen LogP contribution in [-0.4, -0.2) is 73.7 Å². The number of rotatable bonds is 4. The Hall–Kier alpha value is -1.74. The lowest BCUT2D eigenvalue weighted by molar-refractivity contribution is -0.151. The van der Waals surface area contributed by atoms with Gasteiger partial charge in [0.2, 0.25) is 0 Å². The molecule has 0 unspecified atom stereocenters. The molecule has 2 fully saturated rings. The lowest BCUT2D eigenvalue weighted by Crippen LogP contribution is -2.55. The largest absolute Gasteiger partial charge is 0.482 e. The van der Waals surface area contributed by atoms with Crippen molar-refractivity contribution in [3.05, 3.63) is 30.3 Å². The van der Waals surface area contributed by atoms with E-state index >= 15 is 0 Å². The minimum absolute atomic E-state index is 0. The molecule has 0 aliphatic carbocycles. The molecule has 10 heteroatoms. The maximum absolute atomic E-state index is 12.1. The van der Waals surface area contributed by atoms with Crippen LogP contribution in [-0.2, 0) is 9.63 Å². The van der Waals surface area contributed by atoms with Gasteiger partial charge in [-0.3, -0.25) is 4.90 Å². The van der Waals surface area contributed by atoms with Crippen LogP contribution in [0.2, 0.25) is 0 Å². The molecule has 2 aliphatic heterocycles. The van der Waals surface area contributed by atoms with E-state index in [0.29, 0.717) is 24.9 Å². The molecule has 158 valence electrons. The first-order valence-electron chi connectivity index (χ1n) is 9.09. The van der Waals surface area contributed by atoms with Crippen LogP contribution in [0.3, 0.4) is 0 Å². The standard InChI is InChI=1S/C18H26N4O4.2ClH/c23-17(14-25-16-4-2-1-3-5-16)26-20-18(24)22-12-10-21(11-13-22)15-6-8-19-9-7-15;;/h1-5,15,19H,6-14H2,(H,20,24);2*1H. The van der Waals surface area contributed by atoms with Crippen molar-refractivity contribution in [3.63, 3.8) is 0 Å². The predicted octanol–water partition coefficient (Wildman–Crippen LogP) is 1.45. The van der Waals surface area contributed by atoms with Gasteiger partial charge in [0.1, 0.15) is 5.75 Å². The van der Waals surface area contributed by atoms with Crippen molar-refractivity contribution < 1.29 is 19.2 Å². The summed E-state index contributed by atoms with van der Waals surface area (Å²) in [5.74, 6) is -0.0691. The molecule has 28 heavy (non-hydrogen) atoms. The normalized spacial score (nSPS) is 17.6. The lowest BCUT2D eigenvalue weighted by Gasteiger charge is -2.40. The predicted molar refractivity (Wildman–Crippen MR) is 110 cm³/mol. The molecule has 3 rings (SSSR count). The van der Waals surface area contributed by atoms with Crippen molar-refractivity contribution in [3.8, 4) is 5.75 Å². The van der Waals surface area contributed by atoms with E-state index in [2.05, 4.69) is 15.7 Å². The summed E-state index contributed by atoms with van der Waals surface area (Å²) in [6.07, 6.45) is 2.32. The van der Waals surface area contributed by atoms with E-state index in [1.807, 2.05) is 18.2 Å². The van der Waals surface area contributed by atoms with Crippen molar-refractivity contribution >= 4 is 36.8 Å². The van der Waals surface area contributed by atoms with Crippen LogP contribution in [0.1, 0.15) is 12.8 Å². The summed E-state index contributed by atoms with van der Waals surface area (Å²) in [4.78, 5) is 32.7. The lowest BCUT2D eigenvalue weighted by atomic mass is 10.0. The van der Waals surface area contributed by atoms with E-state index in [-0.39, 0.29) is 37.5 Å². The number of amides is 2. The van der Waals surface area contributed by atoms with E-state index < -0.39 is 5.97 Å². The second-order valence-electron chi connectivity index (χ2n) is 6.49. The number of urea groups is 1. The van der Waals surface area contributed by atoms with Gasteiger partial charge in [0.25, 0.3) is 0 Å². The van der Waals surface area contributed by atoms with Gasteiger partial charge < -0.3 is 19.8 Å². The number of hydrogen-bond donors (Lipinski definition) is 2. The molecule has 1 aromatic rings. The fourth-order valence-corrected chi connectivity index (χ4v) is 3.32. The zero-order chi connectivity index (χ0) is 18.2. The molecule has 2 heterocycles. The maximum Gasteiger partial charge on any atom is 0.369 e. The highest BCUT2D eigenvalue weighted by Gasteiger charge is 2.27. The summed E-state index contributed by atoms with van der Waals surface area (Å²) in [5, 5.41) is 3.37. The number of carbonyl (C=O) groups excluding carboxylic acids is 2. The highest BCUT2D eigenvalue weighted by atomic mass is 35.5. The minimum atomic E-state index is -0.643. The Labute approximate surface area is 177 Å². The molecular formula is C18H28Cl2N4O4. The Morgan fingerprint density at radius 2 is 1.68 bits per heavy atom. The van der Waals surface area contributed by atoms with Crippen LogP contribution in [0.15, 0.2) is 30.3 Å². The van der Waals surface area contributed by atoms with Gasteiger partial charge in [-0.1, -0.05) is 18.2 Å². The number of nitrogens with one attached hydrogen (secondary N) is 2. The summed E-state index contributed by atoms with van der Waals surface area (Å²) < 4.78 is 5.28. The molecule has 0 bridgehead atoms. The number of halogens is 2. The molecule has 2 saturated heterocycles. The Morgan fingerprint density at radius 3 is 2.32 bits per heavy atom. The Kier molecular flexibility index (Phi) is 11.0. The third-order valence-electron chi connectivity index (χ3n) is 4.78. The van der Waals surface area contributed by atoms with Crippen LogP contribution in [0.25, 0.3) is 0 Å². The monoisotopic (exact) mass is 434 g/mol. The number of piperidine rings is 1. The molecule has 2 N–H and O–H groups in total. The summed E-state index contributed by atoms with van der Waals surface area (Å²) in [6, 6.07) is 9.19. The Balaban J connectivity index is 0.00000196. The molecule has 2 amide bonds. The number of carbonyl (C=O) groups is 2. The first kappa shape index (κ1) is 24.3. The molecule has 0 saturated carbocycles. The highest BCUT2D eigenvalue weighted by molar-refractivity contribution is 5.85. The first-order valence-corrected chi connectivity index (χ1v) is 9.09. The zero-order valence-corrected chi connectivity index (χ0v) is 17.3. The summed E-state index contributed by atoms with van der Waals surface area (Å²) in [5.41, 5.74) is 2.21. The SMILES string of the molecule is Cl.Cl.O=C(COc1ccccc1)ONC(=O)N1CCN(C2CCNCC2)CC1. The van der Waals surface area contributed by atoms with Crippen LogP contribution < -0.4 is 15.5 Å². The van der Waals surface area contributed by atoms with Gasteiger partial charge in [-0.15, -0.1) is 24.8 Å². The topological polar surface area (TPSA) is 83.1 Å². The van der Waals surface area contributed by atoms with Crippen molar-refractivity contribution in [1.82, 2.24) is 20.6 Å². The number of hydroxylamine groups is 1. The number of nitrogens with zero attached hydrogens (tertiary/aromatic N) is 2. The smallest absolute Gasteiger partial charge is 0.369 e. The third-order valence-corrected chi connectivity index (χ3v) is 4.78. The van der Waals surface area contributed by atoms with Crippen molar-refractivity contribution in [1.29, 1.82) is 0 Å². The average Bonchev–Trinajstić information content (AvgIpc) is 2.72. The molecule has 2 aliphatic rings. The number of para-hydroxylation sites is 1. The van der Waals surface area contributed by atoms with E-state index in [1.165, 1.54) is 0 Å². The van der Waals surface area contributed by atoms with Crippen molar-refractivity contribution in [2.24, 2.45) is 0 Å². The number of piperazine rings is 1. The summed E-state index contributed by atoms with van der Waals surface area (Å²) in [7, 11) is 0. The van der Waals surface area contributed by atoms with Gasteiger partial charge in [-0.05, 0) is 38.1 Å². The molecule has 0 atom stereocenters. The van der Waals surface area contributed by atoms with Crippen LogP contribution >= 0.6 is 24.8 Å². The molecule has 0 spiro atoms. The number of ether oxygens (including phenoxy) is 1. The average molecular weight is 435 g/mol. The van der Waals surface area contributed by atoms with E-state index in [4.69, 9.17) is 9.57 Å². The van der Waals surface area contributed by atoms with Gasteiger partial charge in [0.05, 0.1) is 0 Å². The quantitative estimate of drug-likeness (QED) is 0.697. The third kappa shape index (κ3) is 7.35. The van der Waals surface area contributed by atoms with Crippen LogP contribution in [0.4, 0.5) is 4.79 Å². The van der Waals surface area contributed by atoms with Crippen LogP contribution in [0, 0.1) is 0 Å². The zero-order valence-electron chi connectivity index (χ0n) is 15.7. The van der Waals surface area contributed by atoms with Gasteiger partial charge in [-0.2, -0.15) is 5.48 Å². The van der Waals surface area contributed by atoms with E-state index in [1.54, 1.807) is 17.0 Å². The minimum Gasteiger partial charge on any atom is -0.482 e. The van der Waals surface area contributed by atoms with Gasteiger partial charge >= 0.3 is 12.0 Å². The number of benzene rings is 1. The number of hydrogen-bond acceptors (Lipinski definition) is 6. The molecule has 0 radical (unpaired) electrons. The summed E-state index contributed by atoms with van der Waals surface area (Å²) in [6.45, 7) is 4.83. The molecule has 0 aromatic heterocycles. The van der Waals surface area contributed by atoms with E-state index in [9.17, 15) is 9.59 Å². The summed E-state index contributed by atoms with van der Waals surface area (Å²) >= 11 is 0. The second kappa shape index (κ2) is 12.7. The van der Waals surface area contributed by atoms with Gasteiger partial charge in [-0.25, -0.2) is 9.59 Å². The molecule has 1 aromatic carbocycles. The fourth-order valence-electron chi connectivity index (χ4n) is 3.32. The maximum atomic E-state index is 12.1. The first-order chi connectivity index (χ1) is 12.7. The van der Waals surface area contributed by atoms with Crippen LogP contribution in [0.5, 0.6) is 5.75 Å². The van der Waals surface area contributed by atoms with Gasteiger partial charge in [0.15, 0.2) is 6.61 Å². The Bertz CT molecular complexity index is 595. The molecular weight excluding hydrogens is 407 g/mol. The second-order valence-corrected chi connectivity index (χ2v) is 6.49. The molecule has 8 nitrogen and oxygen atoms in total. The van der Waals surface area contributed by atoms with Gasteiger partial charge in [0, 0.05) is 32.2 Å². The van der Waals surface area contributed by atoms with Crippen molar-refractivity contribution in [2.75, 3.05) is 45.9 Å².